The number of H-pyrrole nitrogens is 4. The molecule has 9 heteroatoms. The second-order valence-electron chi connectivity index (χ2n) is 12.3. The molecule has 0 saturated carbocycles. The van der Waals surface area contributed by atoms with Crippen molar-refractivity contribution in [2.75, 3.05) is 14.2 Å². The molecule has 250 valence electrons. The van der Waals surface area contributed by atoms with Gasteiger partial charge in [-0.05, 0) is 122 Å². The number of aromatic amines is 4. The summed E-state index contributed by atoms with van der Waals surface area (Å²) < 4.78 is 9.97. The van der Waals surface area contributed by atoms with E-state index in [1.807, 2.05) is 6.08 Å². The average molecular weight is 648 g/mol. The van der Waals surface area contributed by atoms with E-state index in [0.717, 1.165) is 96.0 Å². The lowest BCUT2D eigenvalue weighted by Crippen LogP contribution is -2.16. The fourth-order valence-corrected chi connectivity index (χ4v) is 7.02. The van der Waals surface area contributed by atoms with Crippen molar-refractivity contribution in [3.63, 3.8) is 0 Å². The van der Waals surface area contributed by atoms with Gasteiger partial charge in [-0.3, -0.25) is 9.59 Å². The molecule has 48 heavy (non-hydrogen) atoms. The van der Waals surface area contributed by atoms with Crippen LogP contribution in [0.15, 0.2) is 12.2 Å². The Morgan fingerprint density at radius 2 is 1.25 bits per heavy atom. The molecule has 0 spiro atoms. The third-order valence-electron chi connectivity index (χ3n) is 9.78. The quantitative estimate of drug-likeness (QED) is 0.162. The van der Waals surface area contributed by atoms with Crippen LogP contribution in [0.2, 0.25) is 0 Å². The Hall–Kier alpha value is -5.23. The molecule has 0 fully saturated rings. The van der Waals surface area contributed by atoms with Gasteiger partial charge in [-0.15, -0.1) is 0 Å². The molecule has 5 heterocycles. The summed E-state index contributed by atoms with van der Waals surface area (Å²) in [5.74, 6) is -0.537. The number of nitrogens with zero attached hydrogens (tertiary/aromatic N) is 1. The van der Waals surface area contributed by atoms with Gasteiger partial charge in [-0.25, -0.2) is 0 Å². The molecule has 1 aliphatic heterocycles. The van der Waals surface area contributed by atoms with Crippen LogP contribution in [0, 0.1) is 39.0 Å². The van der Waals surface area contributed by atoms with E-state index >= 15 is 0 Å². The number of aromatic nitrogens is 4. The van der Waals surface area contributed by atoms with Gasteiger partial charge in [0, 0.05) is 57.6 Å². The largest absolute Gasteiger partial charge is 0.469 e. The van der Waals surface area contributed by atoms with Crippen LogP contribution in [0.3, 0.4) is 0 Å². The number of nitriles is 1. The van der Waals surface area contributed by atoms with Crippen molar-refractivity contribution in [2.24, 2.45) is 0 Å². The van der Waals surface area contributed by atoms with Gasteiger partial charge < -0.3 is 29.4 Å². The Morgan fingerprint density at radius 1 is 0.688 bits per heavy atom. The Balaban J connectivity index is 1.95. The van der Waals surface area contributed by atoms with Crippen LogP contribution in [0.25, 0.3) is 23.8 Å². The maximum Gasteiger partial charge on any atom is 0.305 e. The van der Waals surface area contributed by atoms with Gasteiger partial charge >= 0.3 is 11.9 Å². The molecule has 0 aliphatic carbocycles. The number of carbonyl (C=O) groups is 2. The molecule has 4 aromatic heterocycles. The SMILES string of the molecule is CCc1c2[nH]c(c1C)C(C=CC#N)=c1[nH]c(c(C)c1CC)=Cc1[nH]c(c(CCC(=O)OC)c1C)C=c1[nH]c(c(C)c1CCC(=O)OC)=C2. The zero-order valence-electron chi connectivity index (χ0n) is 29.2. The smallest absolute Gasteiger partial charge is 0.305 e. The number of fused-ring (bicyclic) bond motifs is 8. The van der Waals surface area contributed by atoms with Crippen LogP contribution in [0.5, 0.6) is 0 Å². The Kier molecular flexibility index (Phi) is 10.1. The van der Waals surface area contributed by atoms with E-state index in [4.69, 9.17) is 9.47 Å². The van der Waals surface area contributed by atoms with Crippen molar-refractivity contribution in [2.45, 2.75) is 80.1 Å². The van der Waals surface area contributed by atoms with Crippen molar-refractivity contribution < 1.29 is 19.1 Å². The first-order chi connectivity index (χ1) is 23.1. The second-order valence-corrected chi connectivity index (χ2v) is 12.3. The fraction of sp³-hybridized carbons (Fsp3) is 0.359. The van der Waals surface area contributed by atoms with Crippen molar-refractivity contribution in [1.29, 1.82) is 5.26 Å². The summed E-state index contributed by atoms with van der Waals surface area (Å²) in [4.78, 5) is 39.3. The van der Waals surface area contributed by atoms with E-state index in [0.29, 0.717) is 12.8 Å². The molecule has 5 rings (SSSR count). The number of methoxy groups -OCH3 is 2. The summed E-state index contributed by atoms with van der Waals surface area (Å²) in [5, 5.41) is 13.4. The molecule has 9 nitrogen and oxygen atoms in total. The molecule has 0 amide bonds. The molecular formula is C39H45N5O4. The number of esters is 2. The van der Waals surface area contributed by atoms with E-state index in [-0.39, 0.29) is 24.8 Å². The lowest BCUT2D eigenvalue weighted by atomic mass is 10.0. The van der Waals surface area contributed by atoms with E-state index in [2.05, 4.69) is 85.8 Å². The second kappa shape index (κ2) is 14.3. The minimum Gasteiger partial charge on any atom is -0.469 e. The van der Waals surface area contributed by atoms with Gasteiger partial charge in [0.25, 0.3) is 0 Å². The van der Waals surface area contributed by atoms with Crippen LogP contribution in [-0.4, -0.2) is 46.1 Å². The highest BCUT2D eigenvalue weighted by atomic mass is 16.5. The van der Waals surface area contributed by atoms with Crippen LogP contribution in [-0.2, 0) is 44.7 Å². The van der Waals surface area contributed by atoms with E-state index in [1.165, 1.54) is 31.4 Å². The van der Waals surface area contributed by atoms with Crippen molar-refractivity contribution >= 4 is 35.7 Å². The number of allylic oxidation sites excluding steroid dienone is 2. The Morgan fingerprint density at radius 3 is 1.88 bits per heavy atom. The van der Waals surface area contributed by atoms with E-state index in [9.17, 15) is 14.9 Å². The number of ether oxygens (including phenoxy) is 2. The first-order valence-corrected chi connectivity index (χ1v) is 16.5. The van der Waals surface area contributed by atoms with Crippen LogP contribution >= 0.6 is 0 Å². The summed E-state index contributed by atoms with van der Waals surface area (Å²) in [6.45, 7) is 12.7. The van der Waals surface area contributed by atoms with Crippen LogP contribution < -0.4 is 21.4 Å². The summed E-state index contributed by atoms with van der Waals surface area (Å²) in [6.07, 6.45) is 12.9. The molecule has 0 atom stereocenters. The van der Waals surface area contributed by atoms with Crippen molar-refractivity contribution in [1.82, 2.24) is 19.9 Å². The molecule has 0 saturated heterocycles. The predicted octanol–water partition coefficient (Wildman–Crippen LogP) is 3.65. The van der Waals surface area contributed by atoms with Crippen LogP contribution in [0.1, 0.15) is 94.0 Å². The van der Waals surface area contributed by atoms with E-state index in [1.54, 1.807) is 0 Å². The van der Waals surface area contributed by atoms with Gasteiger partial charge in [0.05, 0.1) is 31.3 Å². The molecule has 1 aliphatic rings. The summed E-state index contributed by atoms with van der Waals surface area (Å²) in [7, 11) is 2.82. The maximum atomic E-state index is 12.3. The molecule has 4 N–H and O–H groups in total. The maximum absolute atomic E-state index is 12.3. The molecular weight excluding hydrogens is 602 g/mol. The average Bonchev–Trinajstić information content (AvgIpc) is 3.75. The monoisotopic (exact) mass is 647 g/mol. The fourth-order valence-electron chi connectivity index (χ4n) is 7.02. The number of rotatable bonds is 9. The Labute approximate surface area is 280 Å². The van der Waals surface area contributed by atoms with Crippen molar-refractivity contribution in [3.05, 3.63) is 101 Å². The molecule has 0 aromatic carbocycles. The highest BCUT2D eigenvalue weighted by molar-refractivity contribution is 5.77. The number of hydrogen-bond acceptors (Lipinski definition) is 5. The number of nitrogens with one attached hydrogen (secondary N) is 4. The predicted molar refractivity (Wildman–Crippen MR) is 188 cm³/mol. The van der Waals surface area contributed by atoms with Gasteiger partial charge in [0.15, 0.2) is 0 Å². The molecule has 0 unspecified atom stereocenters. The topological polar surface area (TPSA) is 140 Å². The molecule has 0 radical (unpaired) electrons. The van der Waals surface area contributed by atoms with Crippen LogP contribution in [0.4, 0.5) is 0 Å². The van der Waals surface area contributed by atoms with Gasteiger partial charge in [-0.1, -0.05) is 13.8 Å². The third-order valence-corrected chi connectivity index (χ3v) is 9.78. The normalized spacial score (nSPS) is 12.4. The first-order valence-electron chi connectivity index (χ1n) is 16.5. The number of hydrogen-bond donors (Lipinski definition) is 4. The first kappa shape index (κ1) is 34.1. The standard InChI is InChI=1S/C39H45N5O4/c1-9-25-24(6)38-29(12-11-17-40)39-26(10-2)21(3)32(43-39)18-30-22(4)27(13-15-36(45)47-7)34(41-30)20-35-28(14-16-37(46)48-8)23(5)31(42-35)19-33(25)44-38/h11-12,18-20,41-44H,9-10,13-16H2,1-8H3. The molecule has 4 aromatic rings. The highest BCUT2D eigenvalue weighted by Gasteiger charge is 2.20. The Bertz CT molecular complexity index is 2230. The summed E-state index contributed by atoms with van der Waals surface area (Å²) in [5.41, 5.74) is 13.5. The summed E-state index contributed by atoms with van der Waals surface area (Å²) in [6, 6.07) is 2.19. The third kappa shape index (κ3) is 6.35. The number of carbonyl (C=O) groups excluding carboxylic acids is 2. The minimum atomic E-state index is -0.269. The minimum absolute atomic E-state index is 0.247. The lowest BCUT2D eigenvalue weighted by Gasteiger charge is -2.04. The highest BCUT2D eigenvalue weighted by Crippen LogP contribution is 2.26. The summed E-state index contributed by atoms with van der Waals surface area (Å²) >= 11 is 0. The zero-order chi connectivity index (χ0) is 34.7. The lowest BCUT2D eigenvalue weighted by molar-refractivity contribution is -0.141. The molecule has 8 bridgehead atoms. The van der Waals surface area contributed by atoms with E-state index < -0.39 is 0 Å². The van der Waals surface area contributed by atoms with Gasteiger partial charge in [-0.2, -0.15) is 5.26 Å². The van der Waals surface area contributed by atoms with Gasteiger partial charge in [0.1, 0.15) is 0 Å². The zero-order valence-corrected chi connectivity index (χ0v) is 29.2. The van der Waals surface area contributed by atoms with Gasteiger partial charge in [0.2, 0.25) is 0 Å². The van der Waals surface area contributed by atoms with Crippen molar-refractivity contribution in [3.8, 4) is 6.07 Å².